The standard InChI is InChI=1S/C11H16FNO2S/c1-15-4-5-16(14)8-9-2-3-11(12)6-10(9)7-13/h2-3,6H,4-5,7-8,13H2,1H3. The highest BCUT2D eigenvalue weighted by Gasteiger charge is 2.07. The maximum absolute atomic E-state index is 12.9. The van der Waals surface area contributed by atoms with Crippen molar-refractivity contribution in [2.24, 2.45) is 5.73 Å². The molecule has 0 bridgehead atoms. The number of ether oxygens (including phenoxy) is 1. The Hall–Kier alpha value is -0.780. The van der Waals surface area contributed by atoms with E-state index in [1.54, 1.807) is 13.2 Å². The molecule has 1 aromatic carbocycles. The van der Waals surface area contributed by atoms with Gasteiger partial charge < -0.3 is 10.5 Å². The van der Waals surface area contributed by atoms with Crippen molar-refractivity contribution in [2.75, 3.05) is 19.5 Å². The minimum absolute atomic E-state index is 0.259. The lowest BCUT2D eigenvalue weighted by Gasteiger charge is -2.07. The first-order valence-electron chi connectivity index (χ1n) is 4.98. The van der Waals surface area contributed by atoms with Crippen molar-refractivity contribution >= 4 is 10.8 Å². The zero-order chi connectivity index (χ0) is 12.0. The molecular formula is C11H16FNO2S. The molecule has 0 fully saturated rings. The van der Waals surface area contributed by atoms with Crippen LogP contribution in [0.4, 0.5) is 4.39 Å². The van der Waals surface area contributed by atoms with Crippen LogP contribution in [0.15, 0.2) is 18.2 Å². The Morgan fingerprint density at radius 3 is 2.81 bits per heavy atom. The van der Waals surface area contributed by atoms with Gasteiger partial charge in [-0.25, -0.2) is 4.39 Å². The molecule has 0 spiro atoms. The van der Waals surface area contributed by atoms with Crippen LogP contribution in [0.2, 0.25) is 0 Å². The summed E-state index contributed by atoms with van der Waals surface area (Å²) in [5.41, 5.74) is 7.06. The van der Waals surface area contributed by atoms with Crippen LogP contribution in [0.5, 0.6) is 0 Å². The Kier molecular flexibility index (Phi) is 5.59. The number of halogens is 1. The van der Waals surface area contributed by atoms with Crippen LogP contribution in [0.25, 0.3) is 0 Å². The fourth-order valence-corrected chi connectivity index (χ4v) is 2.47. The van der Waals surface area contributed by atoms with Crippen molar-refractivity contribution < 1.29 is 13.3 Å². The third-order valence-electron chi connectivity index (χ3n) is 2.22. The molecule has 90 valence electrons. The second-order valence-electron chi connectivity index (χ2n) is 3.40. The fourth-order valence-electron chi connectivity index (χ4n) is 1.35. The van der Waals surface area contributed by atoms with Gasteiger partial charge in [-0.1, -0.05) is 6.07 Å². The molecule has 1 atom stereocenters. The molecule has 0 saturated heterocycles. The van der Waals surface area contributed by atoms with Crippen LogP contribution in [-0.4, -0.2) is 23.7 Å². The average Bonchev–Trinajstić information content (AvgIpc) is 2.28. The number of benzene rings is 1. The molecule has 16 heavy (non-hydrogen) atoms. The summed E-state index contributed by atoms with van der Waals surface area (Å²) in [5.74, 6) is 0.570. The van der Waals surface area contributed by atoms with E-state index < -0.39 is 10.8 Å². The van der Waals surface area contributed by atoms with E-state index in [9.17, 15) is 8.60 Å². The quantitative estimate of drug-likeness (QED) is 0.818. The first-order chi connectivity index (χ1) is 7.67. The van der Waals surface area contributed by atoms with Crippen LogP contribution >= 0.6 is 0 Å². The Bertz CT molecular complexity index is 371. The zero-order valence-electron chi connectivity index (χ0n) is 9.24. The van der Waals surface area contributed by atoms with Crippen LogP contribution < -0.4 is 5.73 Å². The van der Waals surface area contributed by atoms with E-state index >= 15 is 0 Å². The Labute approximate surface area is 97.2 Å². The van der Waals surface area contributed by atoms with Gasteiger partial charge in [-0.05, 0) is 23.3 Å². The van der Waals surface area contributed by atoms with Gasteiger partial charge in [0.05, 0.1) is 6.61 Å². The normalized spacial score (nSPS) is 12.7. The van der Waals surface area contributed by atoms with Crippen molar-refractivity contribution in [3.63, 3.8) is 0 Å². The van der Waals surface area contributed by atoms with Gasteiger partial charge >= 0.3 is 0 Å². The van der Waals surface area contributed by atoms with E-state index in [1.165, 1.54) is 12.1 Å². The Balaban J connectivity index is 2.69. The monoisotopic (exact) mass is 245 g/mol. The maximum Gasteiger partial charge on any atom is 0.123 e. The highest BCUT2D eigenvalue weighted by atomic mass is 32.2. The molecule has 1 unspecified atom stereocenters. The fraction of sp³-hybridized carbons (Fsp3) is 0.455. The smallest absolute Gasteiger partial charge is 0.123 e. The largest absolute Gasteiger partial charge is 0.384 e. The average molecular weight is 245 g/mol. The van der Waals surface area contributed by atoms with Gasteiger partial charge in [-0.15, -0.1) is 0 Å². The highest BCUT2D eigenvalue weighted by Crippen LogP contribution is 2.13. The lowest BCUT2D eigenvalue weighted by Crippen LogP contribution is -2.09. The van der Waals surface area contributed by atoms with Crippen molar-refractivity contribution in [3.05, 3.63) is 35.1 Å². The van der Waals surface area contributed by atoms with Crippen LogP contribution in [0.1, 0.15) is 11.1 Å². The maximum atomic E-state index is 12.9. The molecule has 5 heteroatoms. The molecule has 0 aromatic heterocycles. The number of rotatable bonds is 6. The molecule has 2 N–H and O–H groups in total. The van der Waals surface area contributed by atoms with Gasteiger partial charge in [0.25, 0.3) is 0 Å². The SMILES string of the molecule is COCCS(=O)Cc1ccc(F)cc1CN. The van der Waals surface area contributed by atoms with E-state index in [4.69, 9.17) is 10.5 Å². The summed E-state index contributed by atoms with van der Waals surface area (Å²) in [5, 5.41) is 0. The van der Waals surface area contributed by atoms with Gasteiger partial charge in [-0.3, -0.25) is 4.21 Å². The first-order valence-corrected chi connectivity index (χ1v) is 6.47. The first kappa shape index (κ1) is 13.3. The lowest BCUT2D eigenvalue weighted by molar-refractivity contribution is 0.218. The summed E-state index contributed by atoms with van der Waals surface area (Å²) >= 11 is 0. The van der Waals surface area contributed by atoms with Gasteiger partial charge in [0.2, 0.25) is 0 Å². The summed E-state index contributed by atoms with van der Waals surface area (Å²) in [6, 6.07) is 4.40. The van der Waals surface area contributed by atoms with Gasteiger partial charge in [0, 0.05) is 36.0 Å². The Morgan fingerprint density at radius 1 is 1.44 bits per heavy atom. The van der Waals surface area contributed by atoms with Gasteiger partial charge in [-0.2, -0.15) is 0 Å². The summed E-state index contributed by atoms with van der Waals surface area (Å²) in [6.07, 6.45) is 0. The van der Waals surface area contributed by atoms with E-state index in [-0.39, 0.29) is 12.4 Å². The molecule has 0 heterocycles. The summed E-state index contributed by atoms with van der Waals surface area (Å²) in [4.78, 5) is 0. The van der Waals surface area contributed by atoms with E-state index in [0.29, 0.717) is 23.7 Å². The number of methoxy groups -OCH3 is 1. The van der Waals surface area contributed by atoms with Crippen molar-refractivity contribution in [1.29, 1.82) is 0 Å². The summed E-state index contributed by atoms with van der Waals surface area (Å²) < 4.78 is 29.4. The topological polar surface area (TPSA) is 52.3 Å². The molecule has 0 aliphatic heterocycles. The molecule has 0 amide bonds. The molecular weight excluding hydrogens is 229 g/mol. The third kappa shape index (κ3) is 4.00. The third-order valence-corrected chi connectivity index (χ3v) is 3.47. The number of nitrogens with two attached hydrogens (primary N) is 1. The van der Waals surface area contributed by atoms with E-state index in [0.717, 1.165) is 5.56 Å². The minimum atomic E-state index is -0.992. The van der Waals surface area contributed by atoms with Gasteiger partial charge in [0.1, 0.15) is 5.82 Å². The van der Waals surface area contributed by atoms with Crippen molar-refractivity contribution in [2.45, 2.75) is 12.3 Å². The minimum Gasteiger partial charge on any atom is -0.384 e. The summed E-state index contributed by atoms with van der Waals surface area (Å²) in [6.45, 7) is 0.723. The van der Waals surface area contributed by atoms with Crippen molar-refractivity contribution in [3.8, 4) is 0 Å². The van der Waals surface area contributed by atoms with Crippen LogP contribution in [0, 0.1) is 5.82 Å². The molecule has 1 aromatic rings. The number of hydrogen-bond donors (Lipinski definition) is 1. The number of hydrogen-bond acceptors (Lipinski definition) is 3. The molecule has 0 radical (unpaired) electrons. The highest BCUT2D eigenvalue weighted by molar-refractivity contribution is 7.84. The van der Waals surface area contributed by atoms with Crippen LogP contribution in [0.3, 0.4) is 0 Å². The second kappa shape index (κ2) is 6.73. The Morgan fingerprint density at radius 2 is 2.19 bits per heavy atom. The second-order valence-corrected chi connectivity index (χ2v) is 4.97. The molecule has 3 nitrogen and oxygen atoms in total. The van der Waals surface area contributed by atoms with E-state index in [1.807, 2.05) is 0 Å². The predicted molar refractivity (Wildman–Crippen MR) is 62.9 cm³/mol. The zero-order valence-corrected chi connectivity index (χ0v) is 10.1. The predicted octanol–water partition coefficient (Wildman–Crippen LogP) is 1.18. The lowest BCUT2D eigenvalue weighted by atomic mass is 10.1. The molecule has 0 saturated carbocycles. The van der Waals surface area contributed by atoms with E-state index in [2.05, 4.69) is 0 Å². The van der Waals surface area contributed by atoms with Gasteiger partial charge in [0.15, 0.2) is 0 Å². The molecule has 0 aliphatic rings. The van der Waals surface area contributed by atoms with Crippen LogP contribution in [-0.2, 0) is 27.8 Å². The van der Waals surface area contributed by atoms with Crippen molar-refractivity contribution in [1.82, 2.24) is 0 Å². The summed E-state index contributed by atoms with van der Waals surface area (Å²) in [7, 11) is 0.577. The molecule has 0 aliphatic carbocycles. The molecule has 1 rings (SSSR count).